The minimum atomic E-state index is -5.03. The van der Waals surface area contributed by atoms with Crippen molar-refractivity contribution in [2.75, 3.05) is 4.72 Å². The number of halogens is 6. The second kappa shape index (κ2) is 9.26. The molecular formula is C22H14F6N4O3S. The van der Waals surface area contributed by atoms with Crippen LogP contribution in [0.1, 0.15) is 17.2 Å². The highest BCUT2D eigenvalue weighted by molar-refractivity contribution is 7.92. The van der Waals surface area contributed by atoms with Crippen molar-refractivity contribution in [1.29, 1.82) is 0 Å². The molecule has 188 valence electrons. The molecule has 7 nitrogen and oxygen atoms in total. The summed E-state index contributed by atoms with van der Waals surface area (Å²) in [6.07, 6.45) is -10.5. The van der Waals surface area contributed by atoms with E-state index in [1.165, 1.54) is 36.5 Å². The first-order valence-corrected chi connectivity index (χ1v) is 11.4. The van der Waals surface area contributed by atoms with E-state index in [9.17, 15) is 34.8 Å². The largest absolute Gasteiger partial charge is 0.457 e. The summed E-state index contributed by atoms with van der Waals surface area (Å²) in [6.45, 7) is 0. The van der Waals surface area contributed by atoms with E-state index in [0.29, 0.717) is 12.1 Å². The molecule has 0 aliphatic carbocycles. The summed E-state index contributed by atoms with van der Waals surface area (Å²) in [6, 6.07) is 11.4. The number of aromatic nitrogens is 3. The van der Waals surface area contributed by atoms with Gasteiger partial charge < -0.3 is 4.74 Å². The molecule has 1 N–H and O–H groups in total. The molecule has 0 aliphatic rings. The molecule has 2 aromatic heterocycles. The number of pyridine rings is 1. The van der Waals surface area contributed by atoms with Crippen LogP contribution in [-0.4, -0.2) is 29.5 Å². The van der Waals surface area contributed by atoms with Crippen molar-refractivity contribution in [2.24, 2.45) is 0 Å². The molecule has 0 bridgehead atoms. The van der Waals surface area contributed by atoms with E-state index in [1.54, 1.807) is 4.72 Å². The first kappa shape index (κ1) is 25.2. The minimum absolute atomic E-state index is 0.0524. The van der Waals surface area contributed by atoms with E-state index < -0.39 is 56.2 Å². The van der Waals surface area contributed by atoms with E-state index in [4.69, 9.17) is 4.74 Å². The lowest BCUT2D eigenvalue weighted by Crippen LogP contribution is -2.27. The number of nitrogens with zero attached hydrogens (tertiary/aromatic N) is 3. The Hall–Kier alpha value is -3.94. The SMILES string of the molecule is O=S(=O)(Nc1nc2ccccc2nc1OC(c1cccnc1)C(F)(F)F)c1ccccc1C(F)(F)F. The Morgan fingerprint density at radius 3 is 2.08 bits per heavy atom. The van der Waals surface area contributed by atoms with Gasteiger partial charge in [0.15, 0.2) is 0 Å². The number of para-hydroxylation sites is 2. The highest BCUT2D eigenvalue weighted by Crippen LogP contribution is 2.39. The van der Waals surface area contributed by atoms with Crippen LogP contribution in [0.4, 0.5) is 32.2 Å². The fraction of sp³-hybridized carbons (Fsp3) is 0.136. The number of ether oxygens (including phenoxy) is 1. The molecule has 4 rings (SSSR count). The lowest BCUT2D eigenvalue weighted by atomic mass is 10.1. The predicted molar refractivity (Wildman–Crippen MR) is 115 cm³/mol. The maximum atomic E-state index is 13.9. The lowest BCUT2D eigenvalue weighted by molar-refractivity contribution is -0.198. The molecule has 36 heavy (non-hydrogen) atoms. The van der Waals surface area contributed by atoms with Gasteiger partial charge in [0.05, 0.1) is 21.5 Å². The summed E-state index contributed by atoms with van der Waals surface area (Å²) >= 11 is 0. The standard InChI is InChI=1S/C22H14F6N4O3S/c23-21(24,25)14-7-1-4-10-17(14)36(33,34)32-19-20(31-16-9-3-2-8-15(16)30-19)35-18(22(26,27)28)13-6-5-11-29-12-13/h1-12,18H,(H,30,32). The van der Waals surface area contributed by atoms with Gasteiger partial charge in [-0.15, -0.1) is 0 Å². The third kappa shape index (κ3) is 5.32. The van der Waals surface area contributed by atoms with Crippen molar-refractivity contribution >= 4 is 26.9 Å². The van der Waals surface area contributed by atoms with Gasteiger partial charge in [-0.25, -0.2) is 18.4 Å². The van der Waals surface area contributed by atoms with Crippen LogP contribution in [0.2, 0.25) is 0 Å². The second-order valence-corrected chi connectivity index (χ2v) is 8.94. The molecule has 0 saturated carbocycles. The first-order valence-electron chi connectivity index (χ1n) is 9.95. The van der Waals surface area contributed by atoms with E-state index in [-0.39, 0.29) is 11.0 Å². The molecule has 4 aromatic rings. The summed E-state index contributed by atoms with van der Waals surface area (Å²) < 4.78 is 115. The van der Waals surface area contributed by atoms with Gasteiger partial charge in [-0.05, 0) is 30.3 Å². The van der Waals surface area contributed by atoms with Crippen LogP contribution in [0, 0.1) is 0 Å². The van der Waals surface area contributed by atoms with Gasteiger partial charge in [-0.2, -0.15) is 26.3 Å². The van der Waals surface area contributed by atoms with Crippen LogP contribution in [0.25, 0.3) is 11.0 Å². The number of anilines is 1. The molecule has 2 heterocycles. The number of alkyl halides is 6. The summed E-state index contributed by atoms with van der Waals surface area (Å²) in [5.74, 6) is -1.73. The molecule has 1 unspecified atom stereocenters. The van der Waals surface area contributed by atoms with Gasteiger partial charge >= 0.3 is 12.4 Å². The Kier molecular flexibility index (Phi) is 6.47. The zero-order valence-electron chi connectivity index (χ0n) is 17.7. The highest BCUT2D eigenvalue weighted by atomic mass is 32.2. The third-order valence-corrected chi connectivity index (χ3v) is 6.16. The number of rotatable bonds is 6. The van der Waals surface area contributed by atoms with Crippen LogP contribution in [0.5, 0.6) is 5.88 Å². The number of benzene rings is 2. The van der Waals surface area contributed by atoms with E-state index in [2.05, 4.69) is 15.0 Å². The normalized spacial score (nSPS) is 13.4. The Morgan fingerprint density at radius 1 is 0.833 bits per heavy atom. The lowest BCUT2D eigenvalue weighted by Gasteiger charge is -2.23. The fourth-order valence-corrected chi connectivity index (χ4v) is 4.44. The minimum Gasteiger partial charge on any atom is -0.457 e. The van der Waals surface area contributed by atoms with Crippen molar-refractivity contribution in [2.45, 2.75) is 23.4 Å². The van der Waals surface area contributed by atoms with Crippen molar-refractivity contribution in [1.82, 2.24) is 15.0 Å². The molecule has 0 saturated heterocycles. The van der Waals surface area contributed by atoms with Crippen molar-refractivity contribution in [3.63, 3.8) is 0 Å². The van der Waals surface area contributed by atoms with E-state index in [1.807, 2.05) is 0 Å². The average Bonchev–Trinajstić information content (AvgIpc) is 2.81. The van der Waals surface area contributed by atoms with E-state index in [0.717, 1.165) is 24.4 Å². The van der Waals surface area contributed by atoms with Gasteiger partial charge in [-0.1, -0.05) is 30.3 Å². The van der Waals surface area contributed by atoms with Crippen LogP contribution in [0.3, 0.4) is 0 Å². The molecule has 2 aromatic carbocycles. The van der Waals surface area contributed by atoms with Gasteiger partial charge in [-0.3, -0.25) is 9.71 Å². The summed E-state index contributed by atoms with van der Waals surface area (Å²) in [5, 5.41) is 0. The van der Waals surface area contributed by atoms with Gasteiger partial charge in [0.25, 0.3) is 15.9 Å². The molecule has 0 aliphatic heterocycles. The fourth-order valence-electron chi connectivity index (χ4n) is 3.22. The predicted octanol–water partition coefficient (Wildman–Crippen LogP) is 5.53. The van der Waals surface area contributed by atoms with Crippen molar-refractivity contribution in [3.05, 3.63) is 84.2 Å². The molecule has 0 amide bonds. The third-order valence-electron chi connectivity index (χ3n) is 4.77. The quantitative estimate of drug-likeness (QED) is 0.331. The second-order valence-electron chi connectivity index (χ2n) is 7.29. The van der Waals surface area contributed by atoms with Crippen LogP contribution >= 0.6 is 0 Å². The molecular weight excluding hydrogens is 514 g/mol. The van der Waals surface area contributed by atoms with Crippen LogP contribution in [-0.2, 0) is 16.2 Å². The topological polar surface area (TPSA) is 94.1 Å². The van der Waals surface area contributed by atoms with E-state index >= 15 is 0 Å². The molecule has 0 radical (unpaired) electrons. The summed E-state index contributed by atoms with van der Waals surface area (Å²) in [4.78, 5) is 10.4. The Balaban J connectivity index is 1.84. The van der Waals surface area contributed by atoms with Gasteiger partial charge in [0.1, 0.15) is 0 Å². The Labute approximate surface area is 199 Å². The van der Waals surface area contributed by atoms with Gasteiger partial charge in [0.2, 0.25) is 11.9 Å². The number of hydrogen-bond acceptors (Lipinski definition) is 6. The number of fused-ring (bicyclic) bond motifs is 1. The van der Waals surface area contributed by atoms with Gasteiger partial charge in [0, 0.05) is 18.0 Å². The smallest absolute Gasteiger partial charge is 0.429 e. The Bertz CT molecular complexity index is 1500. The maximum absolute atomic E-state index is 13.9. The van der Waals surface area contributed by atoms with Crippen molar-refractivity contribution in [3.8, 4) is 5.88 Å². The summed E-state index contributed by atoms with van der Waals surface area (Å²) in [7, 11) is -5.00. The number of sulfonamides is 1. The monoisotopic (exact) mass is 528 g/mol. The average molecular weight is 528 g/mol. The zero-order valence-corrected chi connectivity index (χ0v) is 18.6. The molecule has 1 atom stereocenters. The van der Waals surface area contributed by atoms with Crippen LogP contribution < -0.4 is 9.46 Å². The summed E-state index contributed by atoms with van der Waals surface area (Å²) in [5.41, 5.74) is -1.79. The molecule has 14 heteroatoms. The number of nitrogens with one attached hydrogen (secondary N) is 1. The van der Waals surface area contributed by atoms with Crippen LogP contribution in [0.15, 0.2) is 78.0 Å². The zero-order chi connectivity index (χ0) is 26.1. The molecule has 0 fully saturated rings. The number of hydrogen-bond donors (Lipinski definition) is 1. The maximum Gasteiger partial charge on any atom is 0.429 e. The van der Waals surface area contributed by atoms with Crippen molar-refractivity contribution < 1.29 is 39.5 Å². The first-order chi connectivity index (χ1) is 16.9. The molecule has 0 spiro atoms. The Morgan fingerprint density at radius 2 is 1.47 bits per heavy atom. The highest BCUT2D eigenvalue weighted by Gasteiger charge is 2.44.